The number of methoxy groups -OCH3 is 1. The van der Waals surface area contributed by atoms with Crippen LogP contribution in [-0.2, 0) is 10.3 Å². The Balaban J connectivity index is 3.05. The molecule has 2 nitrogen and oxygen atoms in total. The van der Waals surface area contributed by atoms with E-state index < -0.39 is 0 Å². The molecule has 0 unspecified atom stereocenters. The third kappa shape index (κ3) is 2.32. The molecule has 78 valence electrons. The van der Waals surface area contributed by atoms with Gasteiger partial charge in [0.05, 0.1) is 5.69 Å². The molecule has 0 N–H and O–H groups in total. The minimum atomic E-state index is -0.301. The normalized spacial score (nSPS) is 12.1. The summed E-state index contributed by atoms with van der Waals surface area (Å²) in [4.78, 5) is 4.59. The molecule has 0 aromatic carbocycles. The monoisotopic (exact) mass is 193 g/mol. The van der Waals surface area contributed by atoms with Crippen LogP contribution in [0.15, 0.2) is 18.2 Å². The van der Waals surface area contributed by atoms with E-state index in [1.807, 2.05) is 26.0 Å². The molecule has 2 heteroatoms. The molecule has 0 aliphatic rings. The number of rotatable bonds is 3. The molecule has 0 amide bonds. The van der Waals surface area contributed by atoms with Crippen molar-refractivity contribution in [2.24, 2.45) is 0 Å². The highest BCUT2D eigenvalue weighted by Crippen LogP contribution is 2.23. The zero-order valence-corrected chi connectivity index (χ0v) is 9.66. The van der Waals surface area contributed by atoms with Gasteiger partial charge in [0.2, 0.25) is 0 Å². The van der Waals surface area contributed by atoms with Gasteiger partial charge in [-0.1, -0.05) is 19.9 Å². The van der Waals surface area contributed by atoms with Crippen molar-refractivity contribution >= 4 is 0 Å². The number of ether oxygens (including phenoxy) is 1. The summed E-state index contributed by atoms with van der Waals surface area (Å²) in [6.07, 6.45) is 0. The molecule has 0 saturated carbocycles. The number of pyridine rings is 1. The van der Waals surface area contributed by atoms with Crippen molar-refractivity contribution in [2.75, 3.05) is 7.11 Å². The van der Waals surface area contributed by atoms with Crippen LogP contribution in [-0.4, -0.2) is 12.1 Å². The van der Waals surface area contributed by atoms with Crippen LogP contribution in [0.25, 0.3) is 0 Å². The summed E-state index contributed by atoms with van der Waals surface area (Å²) >= 11 is 0. The van der Waals surface area contributed by atoms with Gasteiger partial charge in [-0.3, -0.25) is 4.98 Å². The van der Waals surface area contributed by atoms with Gasteiger partial charge in [0.15, 0.2) is 0 Å². The Morgan fingerprint density at radius 2 is 1.93 bits per heavy atom. The molecular weight excluding hydrogens is 174 g/mol. The summed E-state index contributed by atoms with van der Waals surface area (Å²) < 4.78 is 5.40. The quantitative estimate of drug-likeness (QED) is 0.736. The maximum atomic E-state index is 5.40. The standard InChI is InChI=1S/C12H19NO/c1-9(2)10-7-6-8-11(13-10)12(3,4)14-5/h6-9H,1-5H3. The molecule has 0 radical (unpaired) electrons. The van der Waals surface area contributed by atoms with Crippen LogP contribution < -0.4 is 0 Å². The van der Waals surface area contributed by atoms with Crippen LogP contribution in [0.2, 0.25) is 0 Å². The van der Waals surface area contributed by atoms with Gasteiger partial charge < -0.3 is 4.74 Å². The zero-order valence-electron chi connectivity index (χ0n) is 9.66. The first-order valence-electron chi connectivity index (χ1n) is 5.00. The molecule has 0 spiro atoms. The van der Waals surface area contributed by atoms with Gasteiger partial charge in [-0.15, -0.1) is 0 Å². The summed E-state index contributed by atoms with van der Waals surface area (Å²) in [6, 6.07) is 6.10. The second-order valence-corrected chi connectivity index (χ2v) is 4.32. The van der Waals surface area contributed by atoms with E-state index in [-0.39, 0.29) is 5.60 Å². The largest absolute Gasteiger partial charge is 0.373 e. The first-order chi connectivity index (χ1) is 6.47. The van der Waals surface area contributed by atoms with Crippen molar-refractivity contribution in [3.63, 3.8) is 0 Å². The SMILES string of the molecule is COC(C)(C)c1cccc(C(C)C)n1. The van der Waals surface area contributed by atoms with Crippen LogP contribution in [0.4, 0.5) is 0 Å². The Morgan fingerprint density at radius 3 is 2.43 bits per heavy atom. The summed E-state index contributed by atoms with van der Waals surface area (Å²) in [5, 5.41) is 0. The third-order valence-electron chi connectivity index (χ3n) is 2.49. The van der Waals surface area contributed by atoms with Crippen molar-refractivity contribution in [3.05, 3.63) is 29.6 Å². The van der Waals surface area contributed by atoms with Crippen LogP contribution in [0.3, 0.4) is 0 Å². The lowest BCUT2D eigenvalue weighted by atomic mass is 10.0. The molecule has 0 saturated heterocycles. The van der Waals surface area contributed by atoms with Gasteiger partial charge in [-0.25, -0.2) is 0 Å². The van der Waals surface area contributed by atoms with Crippen LogP contribution in [0.5, 0.6) is 0 Å². The molecule has 1 aromatic rings. The summed E-state index contributed by atoms with van der Waals surface area (Å²) in [7, 11) is 1.71. The van der Waals surface area contributed by atoms with Crippen LogP contribution >= 0.6 is 0 Å². The molecule has 0 aliphatic carbocycles. The van der Waals surface area contributed by atoms with E-state index in [1.165, 1.54) is 0 Å². The second kappa shape index (κ2) is 4.09. The molecule has 0 fully saturated rings. The number of aromatic nitrogens is 1. The summed E-state index contributed by atoms with van der Waals surface area (Å²) in [6.45, 7) is 8.34. The molecule has 1 rings (SSSR count). The topological polar surface area (TPSA) is 22.1 Å². The second-order valence-electron chi connectivity index (χ2n) is 4.32. The highest BCUT2D eigenvalue weighted by atomic mass is 16.5. The predicted octanol–water partition coefficient (Wildman–Crippen LogP) is 3.09. The van der Waals surface area contributed by atoms with E-state index in [0.29, 0.717) is 5.92 Å². The molecule has 1 heterocycles. The first-order valence-corrected chi connectivity index (χ1v) is 5.00. The minimum Gasteiger partial charge on any atom is -0.373 e. The number of hydrogen-bond donors (Lipinski definition) is 0. The lowest BCUT2D eigenvalue weighted by Gasteiger charge is -2.23. The summed E-state index contributed by atoms with van der Waals surface area (Å²) in [5.74, 6) is 0.461. The van der Waals surface area contributed by atoms with Gasteiger partial charge in [0.25, 0.3) is 0 Å². The molecule has 14 heavy (non-hydrogen) atoms. The fraction of sp³-hybridized carbons (Fsp3) is 0.583. The van der Waals surface area contributed by atoms with Crippen molar-refractivity contribution in [1.29, 1.82) is 0 Å². The molecular formula is C12H19NO. The first kappa shape index (κ1) is 11.2. The van der Waals surface area contributed by atoms with E-state index in [9.17, 15) is 0 Å². The average molecular weight is 193 g/mol. The molecule has 0 atom stereocenters. The van der Waals surface area contributed by atoms with Crippen molar-refractivity contribution in [3.8, 4) is 0 Å². The highest BCUT2D eigenvalue weighted by Gasteiger charge is 2.21. The molecule has 1 aromatic heterocycles. The Kier molecular flexibility index (Phi) is 3.27. The van der Waals surface area contributed by atoms with Gasteiger partial charge in [-0.05, 0) is 31.9 Å². The number of nitrogens with zero attached hydrogens (tertiary/aromatic N) is 1. The Bertz CT molecular complexity index is 305. The van der Waals surface area contributed by atoms with E-state index in [4.69, 9.17) is 4.74 Å². The Labute approximate surface area is 86.3 Å². The molecule has 0 aliphatic heterocycles. The fourth-order valence-electron chi connectivity index (χ4n) is 1.21. The van der Waals surface area contributed by atoms with Gasteiger partial charge in [0, 0.05) is 12.8 Å². The van der Waals surface area contributed by atoms with Crippen LogP contribution in [0, 0.1) is 0 Å². The molecule has 0 bridgehead atoms. The maximum Gasteiger partial charge on any atom is 0.104 e. The van der Waals surface area contributed by atoms with E-state index in [2.05, 4.69) is 24.9 Å². The Hall–Kier alpha value is -0.890. The van der Waals surface area contributed by atoms with Crippen molar-refractivity contribution in [1.82, 2.24) is 4.98 Å². The van der Waals surface area contributed by atoms with Gasteiger partial charge >= 0.3 is 0 Å². The van der Waals surface area contributed by atoms with Crippen molar-refractivity contribution in [2.45, 2.75) is 39.2 Å². The average Bonchev–Trinajstić information content (AvgIpc) is 2.18. The lowest BCUT2D eigenvalue weighted by molar-refractivity contribution is 0.0153. The minimum absolute atomic E-state index is 0.301. The van der Waals surface area contributed by atoms with Crippen molar-refractivity contribution < 1.29 is 4.74 Å². The van der Waals surface area contributed by atoms with E-state index in [0.717, 1.165) is 11.4 Å². The van der Waals surface area contributed by atoms with E-state index in [1.54, 1.807) is 7.11 Å². The maximum absolute atomic E-state index is 5.40. The smallest absolute Gasteiger partial charge is 0.104 e. The van der Waals surface area contributed by atoms with E-state index >= 15 is 0 Å². The summed E-state index contributed by atoms with van der Waals surface area (Å²) in [5.41, 5.74) is 1.81. The fourth-order valence-corrected chi connectivity index (χ4v) is 1.21. The predicted molar refractivity (Wildman–Crippen MR) is 58.4 cm³/mol. The van der Waals surface area contributed by atoms with Gasteiger partial charge in [0.1, 0.15) is 5.60 Å². The van der Waals surface area contributed by atoms with Crippen LogP contribution in [0.1, 0.15) is 45.0 Å². The van der Waals surface area contributed by atoms with Gasteiger partial charge in [-0.2, -0.15) is 0 Å². The zero-order chi connectivity index (χ0) is 10.8. The lowest BCUT2D eigenvalue weighted by Crippen LogP contribution is -2.21. The Morgan fingerprint density at radius 1 is 1.29 bits per heavy atom. The number of hydrogen-bond acceptors (Lipinski definition) is 2. The third-order valence-corrected chi connectivity index (χ3v) is 2.49. The highest BCUT2D eigenvalue weighted by molar-refractivity contribution is 5.17.